The van der Waals surface area contributed by atoms with Gasteiger partial charge in [0.1, 0.15) is 0 Å². The fraction of sp³-hybridized carbons (Fsp3) is 0.118. The van der Waals surface area contributed by atoms with Gasteiger partial charge in [0.25, 0.3) is 5.01 Å². The molecule has 1 aliphatic rings. The summed E-state index contributed by atoms with van der Waals surface area (Å²) in [5.74, 6) is 0.354. The molecule has 104 valence electrons. The molecule has 2 aromatic carbocycles. The summed E-state index contributed by atoms with van der Waals surface area (Å²) in [6, 6.07) is 16.0. The van der Waals surface area contributed by atoms with E-state index in [2.05, 4.69) is 6.07 Å². The number of aryl methyl sites for hydroxylation is 1. The summed E-state index contributed by atoms with van der Waals surface area (Å²) in [6.07, 6.45) is 0.919. The van der Waals surface area contributed by atoms with E-state index in [0.717, 1.165) is 39.0 Å². The molecule has 0 fully saturated rings. The van der Waals surface area contributed by atoms with Crippen LogP contribution in [0.5, 0.6) is 5.88 Å². The minimum Gasteiger partial charge on any atom is -0.459 e. The minimum atomic E-state index is 0.354. The Morgan fingerprint density at radius 1 is 1.10 bits per heavy atom. The van der Waals surface area contributed by atoms with Crippen molar-refractivity contribution in [2.75, 3.05) is 0 Å². The molecule has 0 bridgehead atoms. The predicted molar refractivity (Wildman–Crippen MR) is 85.8 cm³/mol. The second-order valence-electron chi connectivity index (χ2n) is 5.13. The Labute approximate surface area is 131 Å². The van der Waals surface area contributed by atoms with Crippen LogP contribution in [-0.2, 0) is 13.0 Å². The SMILES string of the molecule is Oc1c(-c2ccccc2)sc2[n+]1CCc1ccc(Cl)cc1-2. The average Bonchev–Trinajstić information content (AvgIpc) is 2.86. The van der Waals surface area contributed by atoms with Crippen molar-refractivity contribution in [3.8, 4) is 26.9 Å². The summed E-state index contributed by atoms with van der Waals surface area (Å²) in [5.41, 5.74) is 3.47. The summed E-state index contributed by atoms with van der Waals surface area (Å²) in [5, 5.41) is 12.4. The van der Waals surface area contributed by atoms with E-state index in [-0.39, 0.29) is 0 Å². The number of fused-ring (bicyclic) bond motifs is 3. The van der Waals surface area contributed by atoms with Gasteiger partial charge < -0.3 is 5.11 Å². The van der Waals surface area contributed by atoms with Crippen molar-refractivity contribution in [2.24, 2.45) is 0 Å². The molecule has 4 heteroatoms. The highest BCUT2D eigenvalue weighted by atomic mass is 35.5. The zero-order chi connectivity index (χ0) is 14.4. The van der Waals surface area contributed by atoms with E-state index in [1.54, 1.807) is 11.3 Å². The third kappa shape index (κ3) is 2.04. The van der Waals surface area contributed by atoms with Crippen molar-refractivity contribution >= 4 is 22.9 Å². The molecule has 4 rings (SSSR count). The van der Waals surface area contributed by atoms with Crippen LogP contribution in [0.4, 0.5) is 0 Å². The Hall–Kier alpha value is -1.84. The van der Waals surface area contributed by atoms with Crippen LogP contribution >= 0.6 is 22.9 Å². The molecule has 1 N–H and O–H groups in total. The molecular formula is C17H13ClNOS+. The summed E-state index contributed by atoms with van der Waals surface area (Å²) >= 11 is 7.76. The van der Waals surface area contributed by atoms with Crippen LogP contribution in [-0.4, -0.2) is 5.11 Å². The van der Waals surface area contributed by atoms with Crippen molar-refractivity contribution < 1.29 is 9.67 Å². The van der Waals surface area contributed by atoms with Gasteiger partial charge in [-0.25, -0.2) is 0 Å². The van der Waals surface area contributed by atoms with Gasteiger partial charge >= 0.3 is 5.88 Å². The lowest BCUT2D eigenvalue weighted by molar-refractivity contribution is -0.688. The first-order valence-electron chi connectivity index (χ1n) is 6.84. The van der Waals surface area contributed by atoms with E-state index >= 15 is 0 Å². The summed E-state index contributed by atoms with van der Waals surface area (Å²) in [6.45, 7) is 0.805. The molecule has 0 unspecified atom stereocenters. The maximum Gasteiger partial charge on any atom is 0.385 e. The third-order valence-corrected chi connectivity index (χ3v) is 5.34. The van der Waals surface area contributed by atoms with Crippen LogP contribution in [0.3, 0.4) is 0 Å². The van der Waals surface area contributed by atoms with E-state index in [1.165, 1.54) is 5.56 Å². The number of aromatic hydroxyl groups is 1. The number of rotatable bonds is 1. The first kappa shape index (κ1) is 12.9. The molecule has 0 saturated carbocycles. The van der Waals surface area contributed by atoms with Gasteiger partial charge in [0, 0.05) is 17.0 Å². The molecule has 0 radical (unpaired) electrons. The van der Waals surface area contributed by atoms with Crippen LogP contribution < -0.4 is 4.57 Å². The standard InChI is InChI=1S/C17H12ClNOS/c18-13-7-6-11-8-9-19-16(20)15(12-4-2-1-3-5-12)21-17(19)14(11)10-13/h1-7,10H,8-9H2/p+1. The van der Waals surface area contributed by atoms with E-state index in [4.69, 9.17) is 11.6 Å². The lowest BCUT2D eigenvalue weighted by atomic mass is 10.0. The van der Waals surface area contributed by atoms with Gasteiger partial charge in [-0.1, -0.05) is 59.3 Å². The summed E-state index contributed by atoms with van der Waals surface area (Å²) < 4.78 is 1.99. The van der Waals surface area contributed by atoms with E-state index in [0.29, 0.717) is 5.88 Å². The number of nitrogens with zero attached hydrogens (tertiary/aromatic N) is 1. The molecule has 1 aliphatic heterocycles. The molecule has 1 aromatic heterocycles. The lowest BCUT2D eigenvalue weighted by Gasteiger charge is -2.11. The maximum atomic E-state index is 10.6. The van der Waals surface area contributed by atoms with Crippen molar-refractivity contribution in [2.45, 2.75) is 13.0 Å². The highest BCUT2D eigenvalue weighted by Crippen LogP contribution is 2.41. The van der Waals surface area contributed by atoms with Crippen molar-refractivity contribution in [3.05, 3.63) is 59.1 Å². The third-order valence-electron chi connectivity index (χ3n) is 3.85. The maximum absolute atomic E-state index is 10.6. The second-order valence-corrected chi connectivity index (χ2v) is 6.56. The van der Waals surface area contributed by atoms with Gasteiger partial charge in [-0.15, -0.1) is 4.57 Å². The van der Waals surface area contributed by atoms with Crippen LogP contribution in [0, 0.1) is 0 Å². The smallest absolute Gasteiger partial charge is 0.385 e. The Kier molecular flexibility index (Phi) is 2.98. The first-order valence-corrected chi connectivity index (χ1v) is 8.03. The predicted octanol–water partition coefficient (Wildman–Crippen LogP) is 4.28. The first-order chi connectivity index (χ1) is 10.2. The number of thiazole rings is 1. The number of halogens is 1. The van der Waals surface area contributed by atoms with Gasteiger partial charge in [0.2, 0.25) is 0 Å². The fourth-order valence-corrected chi connectivity index (χ4v) is 4.21. The molecule has 0 spiro atoms. The molecule has 2 heterocycles. The van der Waals surface area contributed by atoms with Crippen molar-refractivity contribution in [1.82, 2.24) is 0 Å². The van der Waals surface area contributed by atoms with E-state index < -0.39 is 0 Å². The van der Waals surface area contributed by atoms with Crippen molar-refractivity contribution in [3.63, 3.8) is 0 Å². The molecule has 0 amide bonds. The monoisotopic (exact) mass is 314 g/mol. The van der Waals surface area contributed by atoms with E-state index in [1.807, 2.05) is 47.0 Å². The minimum absolute atomic E-state index is 0.354. The topological polar surface area (TPSA) is 24.1 Å². The zero-order valence-corrected chi connectivity index (χ0v) is 12.8. The Morgan fingerprint density at radius 2 is 1.90 bits per heavy atom. The van der Waals surface area contributed by atoms with E-state index in [9.17, 15) is 5.11 Å². The second kappa shape index (κ2) is 4.86. The molecule has 3 aromatic rings. The average molecular weight is 315 g/mol. The Balaban J connectivity index is 1.94. The molecule has 2 nitrogen and oxygen atoms in total. The van der Waals surface area contributed by atoms with Crippen LogP contribution in [0.25, 0.3) is 21.0 Å². The molecule has 0 saturated heterocycles. The molecule has 21 heavy (non-hydrogen) atoms. The molecule has 0 atom stereocenters. The Bertz CT molecular complexity index is 826. The van der Waals surface area contributed by atoms with Crippen molar-refractivity contribution in [1.29, 1.82) is 0 Å². The summed E-state index contributed by atoms with van der Waals surface area (Å²) in [4.78, 5) is 0.915. The van der Waals surface area contributed by atoms with Gasteiger partial charge in [-0.2, -0.15) is 0 Å². The van der Waals surface area contributed by atoms with Gasteiger partial charge in [-0.05, 0) is 17.7 Å². The number of aromatic nitrogens is 1. The van der Waals surface area contributed by atoms with Crippen LogP contribution in [0.1, 0.15) is 5.56 Å². The number of hydrogen-bond donors (Lipinski definition) is 1. The summed E-state index contributed by atoms with van der Waals surface area (Å²) in [7, 11) is 0. The largest absolute Gasteiger partial charge is 0.459 e. The van der Waals surface area contributed by atoms with Gasteiger partial charge in [0.15, 0.2) is 11.4 Å². The Morgan fingerprint density at radius 3 is 2.71 bits per heavy atom. The highest BCUT2D eigenvalue weighted by molar-refractivity contribution is 7.18. The van der Waals surface area contributed by atoms with Gasteiger partial charge in [-0.3, -0.25) is 0 Å². The highest BCUT2D eigenvalue weighted by Gasteiger charge is 2.32. The molecular weight excluding hydrogens is 302 g/mol. The van der Waals surface area contributed by atoms with Crippen LogP contribution in [0.15, 0.2) is 48.5 Å². The lowest BCUT2D eigenvalue weighted by Crippen LogP contribution is -2.37. The fourth-order valence-electron chi connectivity index (χ4n) is 2.80. The quantitative estimate of drug-likeness (QED) is 0.666. The van der Waals surface area contributed by atoms with Crippen LogP contribution in [0.2, 0.25) is 5.02 Å². The normalized spacial score (nSPS) is 12.8. The van der Waals surface area contributed by atoms with Gasteiger partial charge in [0.05, 0.1) is 5.56 Å². The molecule has 0 aliphatic carbocycles. The number of benzene rings is 2. The number of hydrogen-bond acceptors (Lipinski definition) is 2. The zero-order valence-electron chi connectivity index (χ0n) is 11.2.